The van der Waals surface area contributed by atoms with Crippen LogP contribution in [0.5, 0.6) is 0 Å². The molecule has 264 valence electrons. The molecule has 0 aliphatic carbocycles. The van der Waals surface area contributed by atoms with Crippen LogP contribution in [0.1, 0.15) is 0 Å². The van der Waals surface area contributed by atoms with Gasteiger partial charge in [0.05, 0.1) is 5.69 Å². The quantitative estimate of drug-likeness (QED) is 0.157. The number of para-hydroxylation sites is 2. The van der Waals surface area contributed by atoms with Gasteiger partial charge in [0, 0.05) is 50.5 Å². The topological polar surface area (TPSA) is 55.1 Å². The van der Waals surface area contributed by atoms with E-state index in [4.69, 9.17) is 19.4 Å². The fourth-order valence-electron chi connectivity index (χ4n) is 7.46. The van der Waals surface area contributed by atoms with E-state index in [1.807, 2.05) is 60.7 Å². The number of rotatable bonds is 8. The van der Waals surface area contributed by atoms with Crippen molar-refractivity contribution >= 4 is 39.0 Å². The van der Waals surface area contributed by atoms with E-state index < -0.39 is 0 Å². The smallest absolute Gasteiger partial charge is 0.164 e. The lowest BCUT2D eigenvalue weighted by atomic mass is 10.0. The van der Waals surface area contributed by atoms with Gasteiger partial charge in [0.25, 0.3) is 0 Å². The second kappa shape index (κ2) is 14.3. The highest BCUT2D eigenvalue weighted by molar-refractivity contribution is 6.12. The Kier molecular flexibility index (Phi) is 8.43. The number of hydrogen-bond acceptors (Lipinski definition) is 5. The summed E-state index contributed by atoms with van der Waals surface area (Å²) in [6.07, 6.45) is 0. The first-order valence-electron chi connectivity index (χ1n) is 18.7. The van der Waals surface area contributed by atoms with Crippen molar-refractivity contribution in [3.63, 3.8) is 0 Å². The standard InChI is InChI=1S/C51H34N4O/c1-5-16-35(17-6-1)36-28-30-39(31-29-36)50-52-49(38-20-9-3-10-21-38)53-51(54-50)44-25-15-27-46-48(44)43-33-32-41(34-47(43)56-46)55(40-22-11-4-12-23-40)45-26-14-13-24-42(45)37-18-7-2-8-19-37/h1-34H. The zero-order valence-corrected chi connectivity index (χ0v) is 30.3. The Hall–Kier alpha value is -7.63. The van der Waals surface area contributed by atoms with Crippen LogP contribution in [-0.2, 0) is 0 Å². The molecule has 0 amide bonds. The van der Waals surface area contributed by atoms with Crippen molar-refractivity contribution in [1.82, 2.24) is 15.0 Å². The minimum Gasteiger partial charge on any atom is -0.456 e. The maximum absolute atomic E-state index is 6.68. The van der Waals surface area contributed by atoms with E-state index in [9.17, 15) is 0 Å². The maximum atomic E-state index is 6.68. The molecular formula is C51H34N4O. The van der Waals surface area contributed by atoms with Crippen molar-refractivity contribution < 1.29 is 4.42 Å². The van der Waals surface area contributed by atoms with Gasteiger partial charge >= 0.3 is 0 Å². The number of hydrogen-bond donors (Lipinski definition) is 0. The molecule has 0 spiro atoms. The van der Waals surface area contributed by atoms with E-state index in [-0.39, 0.29) is 0 Å². The summed E-state index contributed by atoms with van der Waals surface area (Å²) in [5.74, 6) is 1.80. The first kappa shape index (κ1) is 33.0. The molecule has 0 aliphatic heterocycles. The van der Waals surface area contributed by atoms with E-state index in [0.29, 0.717) is 17.5 Å². The predicted molar refractivity (Wildman–Crippen MR) is 229 cm³/mol. The van der Waals surface area contributed by atoms with Gasteiger partial charge in [-0.2, -0.15) is 0 Å². The van der Waals surface area contributed by atoms with Crippen LogP contribution in [0.25, 0.3) is 78.4 Å². The van der Waals surface area contributed by atoms with Crippen LogP contribution in [-0.4, -0.2) is 15.0 Å². The SMILES string of the molecule is c1ccc(-c2ccc(-c3nc(-c4ccccc4)nc(-c4cccc5oc6cc(N(c7ccccc7)c7ccccc7-c7ccccc7)ccc6c45)n3)cc2)cc1. The molecule has 56 heavy (non-hydrogen) atoms. The van der Waals surface area contributed by atoms with Crippen molar-refractivity contribution in [3.8, 4) is 56.4 Å². The monoisotopic (exact) mass is 718 g/mol. The predicted octanol–water partition coefficient (Wildman–Crippen LogP) is 13.6. The molecule has 8 aromatic carbocycles. The lowest BCUT2D eigenvalue weighted by molar-refractivity contribution is 0.669. The average Bonchev–Trinajstić information content (AvgIpc) is 3.66. The maximum Gasteiger partial charge on any atom is 0.164 e. The van der Waals surface area contributed by atoms with Crippen LogP contribution < -0.4 is 4.90 Å². The van der Waals surface area contributed by atoms with Crippen LogP contribution >= 0.6 is 0 Å². The van der Waals surface area contributed by atoms with Gasteiger partial charge in [-0.15, -0.1) is 0 Å². The first-order chi connectivity index (χ1) is 27.8. The fourth-order valence-corrected chi connectivity index (χ4v) is 7.46. The third-order valence-corrected chi connectivity index (χ3v) is 10.1. The van der Waals surface area contributed by atoms with E-state index in [0.717, 1.165) is 77.9 Å². The normalized spacial score (nSPS) is 11.2. The number of nitrogens with zero attached hydrogens (tertiary/aromatic N) is 4. The summed E-state index contributed by atoms with van der Waals surface area (Å²) < 4.78 is 6.68. The van der Waals surface area contributed by atoms with Gasteiger partial charge in [-0.05, 0) is 53.1 Å². The number of fused-ring (bicyclic) bond motifs is 3. The molecule has 2 aromatic heterocycles. The molecule has 0 aliphatic rings. The fraction of sp³-hybridized carbons (Fsp3) is 0. The van der Waals surface area contributed by atoms with Crippen LogP contribution in [0.15, 0.2) is 211 Å². The van der Waals surface area contributed by atoms with Crippen molar-refractivity contribution in [3.05, 3.63) is 206 Å². The van der Waals surface area contributed by atoms with Crippen molar-refractivity contribution in [1.29, 1.82) is 0 Å². The summed E-state index contributed by atoms with van der Waals surface area (Å²) in [7, 11) is 0. The molecule has 0 saturated heterocycles. The van der Waals surface area contributed by atoms with Gasteiger partial charge in [-0.25, -0.2) is 15.0 Å². The lowest BCUT2D eigenvalue weighted by Crippen LogP contribution is -2.11. The van der Waals surface area contributed by atoms with Gasteiger partial charge in [-0.3, -0.25) is 0 Å². The molecule has 2 heterocycles. The summed E-state index contributed by atoms with van der Waals surface area (Å²) in [6, 6.07) is 70.9. The minimum absolute atomic E-state index is 0.584. The Balaban J connectivity index is 1.12. The molecule has 0 unspecified atom stereocenters. The molecule has 0 radical (unpaired) electrons. The Bertz CT molecular complexity index is 2950. The first-order valence-corrected chi connectivity index (χ1v) is 18.7. The number of anilines is 3. The van der Waals surface area contributed by atoms with Crippen LogP contribution in [0.4, 0.5) is 17.1 Å². The highest BCUT2D eigenvalue weighted by Crippen LogP contribution is 2.43. The minimum atomic E-state index is 0.584. The molecule has 10 rings (SSSR count). The van der Waals surface area contributed by atoms with Crippen molar-refractivity contribution in [2.75, 3.05) is 4.90 Å². The molecule has 0 saturated carbocycles. The Labute approximate surface area is 324 Å². The summed E-state index contributed by atoms with van der Waals surface area (Å²) in [4.78, 5) is 17.5. The van der Waals surface area contributed by atoms with Gasteiger partial charge in [0.15, 0.2) is 17.5 Å². The molecule has 10 aromatic rings. The molecule has 0 atom stereocenters. The highest BCUT2D eigenvalue weighted by Gasteiger charge is 2.21. The van der Waals surface area contributed by atoms with E-state index in [1.54, 1.807) is 0 Å². The molecule has 0 fully saturated rings. The Morgan fingerprint density at radius 3 is 1.55 bits per heavy atom. The van der Waals surface area contributed by atoms with Gasteiger partial charge in [-0.1, -0.05) is 164 Å². The van der Waals surface area contributed by atoms with Crippen LogP contribution in [0.3, 0.4) is 0 Å². The lowest BCUT2D eigenvalue weighted by Gasteiger charge is -2.27. The Morgan fingerprint density at radius 2 is 0.857 bits per heavy atom. The number of aromatic nitrogens is 3. The molecular weight excluding hydrogens is 685 g/mol. The van der Waals surface area contributed by atoms with Gasteiger partial charge < -0.3 is 9.32 Å². The average molecular weight is 719 g/mol. The van der Waals surface area contributed by atoms with Crippen LogP contribution in [0.2, 0.25) is 0 Å². The third kappa shape index (κ3) is 6.17. The summed E-state index contributed by atoms with van der Waals surface area (Å²) in [5.41, 5.74) is 11.9. The van der Waals surface area contributed by atoms with Crippen molar-refractivity contribution in [2.24, 2.45) is 0 Å². The highest BCUT2D eigenvalue weighted by atomic mass is 16.3. The second-order valence-electron chi connectivity index (χ2n) is 13.6. The zero-order valence-electron chi connectivity index (χ0n) is 30.3. The summed E-state index contributed by atoms with van der Waals surface area (Å²) in [6.45, 7) is 0. The Morgan fingerprint density at radius 1 is 0.339 bits per heavy atom. The largest absolute Gasteiger partial charge is 0.456 e. The summed E-state index contributed by atoms with van der Waals surface area (Å²) in [5, 5.41) is 1.94. The number of furan rings is 1. The molecule has 0 N–H and O–H groups in total. The summed E-state index contributed by atoms with van der Waals surface area (Å²) >= 11 is 0. The van der Waals surface area contributed by atoms with Crippen LogP contribution in [0, 0.1) is 0 Å². The zero-order chi connectivity index (χ0) is 37.3. The molecule has 5 heteroatoms. The van der Waals surface area contributed by atoms with E-state index in [1.165, 1.54) is 0 Å². The van der Waals surface area contributed by atoms with E-state index in [2.05, 4.69) is 150 Å². The third-order valence-electron chi connectivity index (χ3n) is 10.1. The van der Waals surface area contributed by atoms with Gasteiger partial charge in [0.2, 0.25) is 0 Å². The van der Waals surface area contributed by atoms with E-state index >= 15 is 0 Å². The number of benzene rings is 8. The molecule has 0 bridgehead atoms. The van der Waals surface area contributed by atoms with Gasteiger partial charge in [0.1, 0.15) is 11.2 Å². The molecule has 5 nitrogen and oxygen atoms in total. The van der Waals surface area contributed by atoms with Crippen molar-refractivity contribution in [2.45, 2.75) is 0 Å². The second-order valence-corrected chi connectivity index (χ2v) is 13.6.